The minimum absolute atomic E-state index is 0.00477. The van der Waals surface area contributed by atoms with Gasteiger partial charge in [-0.15, -0.1) is 0 Å². The predicted octanol–water partition coefficient (Wildman–Crippen LogP) is 0.670. The molecule has 0 radical (unpaired) electrons. The Bertz CT molecular complexity index is 191. The van der Waals surface area contributed by atoms with Gasteiger partial charge in [0.05, 0.1) is 0 Å². The Hall–Kier alpha value is -0.610. The molecule has 1 rings (SSSR count). The molecule has 1 aliphatic rings. The molecular weight excluding hydrogens is 192 g/mol. The van der Waals surface area contributed by atoms with Gasteiger partial charge in [-0.3, -0.25) is 4.79 Å². The zero-order valence-corrected chi connectivity index (χ0v) is 9.71. The summed E-state index contributed by atoms with van der Waals surface area (Å²) in [6, 6.07) is 0.590. The second-order valence-electron chi connectivity index (χ2n) is 3.97. The highest BCUT2D eigenvalue weighted by Crippen LogP contribution is 2.07. The van der Waals surface area contributed by atoms with E-state index in [4.69, 9.17) is 4.74 Å². The summed E-state index contributed by atoms with van der Waals surface area (Å²) in [5.74, 6) is -0.00477. The van der Waals surface area contributed by atoms with Crippen molar-refractivity contribution < 1.29 is 9.53 Å². The topological polar surface area (TPSA) is 50.4 Å². The number of rotatable bonds is 6. The van der Waals surface area contributed by atoms with Gasteiger partial charge in [0.2, 0.25) is 5.91 Å². The molecule has 0 bridgehead atoms. The van der Waals surface area contributed by atoms with Gasteiger partial charge in [-0.25, -0.2) is 0 Å². The van der Waals surface area contributed by atoms with Crippen LogP contribution in [0.15, 0.2) is 0 Å². The molecule has 15 heavy (non-hydrogen) atoms. The highest BCUT2D eigenvalue weighted by molar-refractivity contribution is 5.80. The van der Waals surface area contributed by atoms with Crippen LogP contribution < -0.4 is 10.6 Å². The quantitative estimate of drug-likeness (QED) is 0.683. The third-order valence-corrected chi connectivity index (χ3v) is 2.74. The number of ether oxygens (including phenoxy) is 1. The number of carbonyl (C=O) groups is 1. The van der Waals surface area contributed by atoms with Crippen molar-refractivity contribution in [3.05, 3.63) is 0 Å². The second kappa shape index (κ2) is 6.80. The number of amides is 1. The number of nitrogens with one attached hydrogen (secondary N) is 2. The summed E-state index contributed by atoms with van der Waals surface area (Å²) in [7, 11) is 0. The third kappa shape index (κ3) is 4.62. The maximum absolute atomic E-state index is 11.5. The van der Waals surface area contributed by atoms with Crippen LogP contribution in [0.1, 0.15) is 33.1 Å². The minimum atomic E-state index is -0.327. The van der Waals surface area contributed by atoms with Gasteiger partial charge < -0.3 is 15.4 Å². The first-order chi connectivity index (χ1) is 7.24. The first kappa shape index (κ1) is 12.5. The van der Waals surface area contributed by atoms with E-state index >= 15 is 0 Å². The molecule has 1 fully saturated rings. The Labute approximate surface area is 91.8 Å². The van der Waals surface area contributed by atoms with Crippen LogP contribution >= 0.6 is 0 Å². The predicted molar refractivity (Wildman–Crippen MR) is 59.7 cm³/mol. The fourth-order valence-electron chi connectivity index (χ4n) is 1.84. The van der Waals surface area contributed by atoms with E-state index in [1.807, 2.05) is 6.92 Å². The molecule has 0 aromatic carbocycles. The molecule has 0 aromatic heterocycles. The zero-order valence-electron chi connectivity index (χ0n) is 9.71. The largest absolute Gasteiger partial charge is 0.369 e. The molecule has 0 spiro atoms. The van der Waals surface area contributed by atoms with Crippen LogP contribution in [0, 0.1) is 0 Å². The smallest absolute Gasteiger partial charge is 0.248 e. The Morgan fingerprint density at radius 2 is 2.47 bits per heavy atom. The van der Waals surface area contributed by atoms with E-state index in [-0.39, 0.29) is 12.0 Å². The molecule has 1 heterocycles. The Balaban J connectivity index is 2.05. The van der Waals surface area contributed by atoms with Gasteiger partial charge in [0.15, 0.2) is 0 Å². The monoisotopic (exact) mass is 214 g/mol. The van der Waals surface area contributed by atoms with Crippen LogP contribution in [-0.4, -0.2) is 37.7 Å². The Morgan fingerprint density at radius 1 is 1.67 bits per heavy atom. The summed E-state index contributed by atoms with van der Waals surface area (Å²) in [4.78, 5) is 11.5. The normalized spacial score (nSPS) is 22.7. The zero-order chi connectivity index (χ0) is 11.1. The maximum Gasteiger partial charge on any atom is 0.248 e. The third-order valence-electron chi connectivity index (χ3n) is 2.74. The van der Waals surface area contributed by atoms with Gasteiger partial charge in [-0.2, -0.15) is 0 Å². The van der Waals surface area contributed by atoms with Crippen LogP contribution in [0.4, 0.5) is 0 Å². The molecular formula is C11H22N2O2. The minimum Gasteiger partial charge on any atom is -0.369 e. The molecule has 1 unspecified atom stereocenters. The fourth-order valence-corrected chi connectivity index (χ4v) is 1.84. The average Bonchev–Trinajstić information content (AvgIpc) is 2.71. The van der Waals surface area contributed by atoms with E-state index in [1.165, 1.54) is 12.8 Å². The highest BCUT2D eigenvalue weighted by Gasteiger charge is 2.15. The summed E-state index contributed by atoms with van der Waals surface area (Å²) in [6.45, 7) is 6.12. The van der Waals surface area contributed by atoms with Crippen LogP contribution in [0.2, 0.25) is 0 Å². The molecule has 1 aliphatic heterocycles. The van der Waals surface area contributed by atoms with Crippen LogP contribution in [-0.2, 0) is 9.53 Å². The van der Waals surface area contributed by atoms with Crippen LogP contribution in [0.3, 0.4) is 0 Å². The molecule has 0 saturated carbocycles. The molecule has 2 atom stereocenters. The first-order valence-electron chi connectivity index (χ1n) is 5.86. The van der Waals surface area contributed by atoms with Gasteiger partial charge in [0.1, 0.15) is 6.10 Å². The Morgan fingerprint density at radius 3 is 3.07 bits per heavy atom. The number of carbonyl (C=O) groups excluding carboxylic acids is 1. The molecule has 4 heteroatoms. The van der Waals surface area contributed by atoms with Crippen molar-refractivity contribution in [3.63, 3.8) is 0 Å². The van der Waals surface area contributed by atoms with Gasteiger partial charge in [-0.05, 0) is 39.7 Å². The van der Waals surface area contributed by atoms with Crippen molar-refractivity contribution in [3.8, 4) is 0 Å². The molecule has 4 nitrogen and oxygen atoms in total. The summed E-state index contributed by atoms with van der Waals surface area (Å²) >= 11 is 0. The van der Waals surface area contributed by atoms with Gasteiger partial charge in [-0.1, -0.05) is 0 Å². The lowest BCUT2D eigenvalue weighted by Crippen LogP contribution is -2.37. The summed E-state index contributed by atoms with van der Waals surface area (Å²) in [5, 5.41) is 6.29. The van der Waals surface area contributed by atoms with E-state index < -0.39 is 0 Å². The fraction of sp³-hybridized carbons (Fsp3) is 0.909. The Kier molecular flexibility index (Phi) is 5.65. The van der Waals surface area contributed by atoms with Crippen molar-refractivity contribution in [1.82, 2.24) is 10.6 Å². The summed E-state index contributed by atoms with van der Waals surface area (Å²) < 4.78 is 5.20. The van der Waals surface area contributed by atoms with E-state index in [9.17, 15) is 4.79 Å². The van der Waals surface area contributed by atoms with Gasteiger partial charge in [0.25, 0.3) is 0 Å². The van der Waals surface area contributed by atoms with E-state index in [0.29, 0.717) is 12.6 Å². The molecule has 2 N–H and O–H groups in total. The number of hydrogen-bond donors (Lipinski definition) is 2. The maximum atomic E-state index is 11.5. The van der Waals surface area contributed by atoms with Crippen molar-refractivity contribution in [1.29, 1.82) is 0 Å². The second-order valence-corrected chi connectivity index (χ2v) is 3.97. The summed E-state index contributed by atoms with van der Waals surface area (Å²) in [5.41, 5.74) is 0. The lowest BCUT2D eigenvalue weighted by molar-refractivity contribution is -0.131. The SMILES string of the molecule is CCOC(C)C(=O)NCC[C@H]1CCCN1. The molecule has 88 valence electrons. The van der Waals surface area contributed by atoms with Gasteiger partial charge >= 0.3 is 0 Å². The van der Waals surface area contributed by atoms with Crippen molar-refractivity contribution in [2.75, 3.05) is 19.7 Å². The van der Waals surface area contributed by atoms with Gasteiger partial charge in [0, 0.05) is 19.2 Å². The van der Waals surface area contributed by atoms with Crippen molar-refractivity contribution in [2.24, 2.45) is 0 Å². The molecule has 1 saturated heterocycles. The lowest BCUT2D eigenvalue weighted by atomic mass is 10.1. The van der Waals surface area contributed by atoms with E-state index in [0.717, 1.165) is 19.5 Å². The van der Waals surface area contributed by atoms with Crippen molar-refractivity contribution >= 4 is 5.91 Å². The molecule has 0 aromatic rings. The first-order valence-corrected chi connectivity index (χ1v) is 5.86. The highest BCUT2D eigenvalue weighted by atomic mass is 16.5. The van der Waals surface area contributed by atoms with E-state index in [2.05, 4.69) is 10.6 Å². The van der Waals surface area contributed by atoms with Crippen molar-refractivity contribution in [2.45, 2.75) is 45.3 Å². The molecule has 1 amide bonds. The molecule has 0 aliphatic carbocycles. The number of hydrogen-bond acceptors (Lipinski definition) is 3. The lowest BCUT2D eigenvalue weighted by Gasteiger charge is -2.14. The average molecular weight is 214 g/mol. The van der Waals surface area contributed by atoms with Crippen LogP contribution in [0.25, 0.3) is 0 Å². The van der Waals surface area contributed by atoms with E-state index in [1.54, 1.807) is 6.92 Å². The standard InChI is InChI=1S/C11H22N2O2/c1-3-15-9(2)11(14)13-8-6-10-5-4-7-12-10/h9-10,12H,3-8H2,1-2H3,(H,13,14)/t9?,10-/m1/s1. The summed E-state index contributed by atoms with van der Waals surface area (Å²) in [6.07, 6.45) is 3.18. The van der Waals surface area contributed by atoms with Crippen LogP contribution in [0.5, 0.6) is 0 Å².